The standard InChI is InChI=1S/C22H27N5O2/c1-2-16-9-11-17(12-10-16)19-13-20-22(29)26(23-15-27(20)25-19)14-21(28)24-18-7-5-3-4-6-8-18/h9-13,15,18H,2-8,14H2,1H3,(H,24,28). The average Bonchev–Trinajstić information content (AvgIpc) is 3.01. The maximum absolute atomic E-state index is 12.8. The van der Waals surface area contributed by atoms with Gasteiger partial charge in [0.1, 0.15) is 18.4 Å². The maximum atomic E-state index is 12.8. The number of hydrogen-bond acceptors (Lipinski definition) is 4. The van der Waals surface area contributed by atoms with Gasteiger partial charge in [-0.2, -0.15) is 10.2 Å². The van der Waals surface area contributed by atoms with Crippen LogP contribution in [0.1, 0.15) is 51.0 Å². The molecule has 7 heteroatoms. The van der Waals surface area contributed by atoms with Crippen molar-refractivity contribution < 1.29 is 4.79 Å². The smallest absolute Gasteiger partial charge is 0.293 e. The third-order valence-electron chi connectivity index (χ3n) is 5.66. The number of aromatic nitrogens is 4. The Morgan fingerprint density at radius 3 is 2.55 bits per heavy atom. The van der Waals surface area contributed by atoms with E-state index in [0.717, 1.165) is 37.7 Å². The fraction of sp³-hybridized carbons (Fsp3) is 0.455. The molecule has 1 aliphatic rings. The number of fused-ring (bicyclic) bond motifs is 1. The Morgan fingerprint density at radius 2 is 1.86 bits per heavy atom. The Hall–Kier alpha value is -2.96. The highest BCUT2D eigenvalue weighted by atomic mass is 16.2. The van der Waals surface area contributed by atoms with Gasteiger partial charge in [0.15, 0.2) is 0 Å². The Bertz CT molecular complexity index is 1040. The van der Waals surface area contributed by atoms with Crippen LogP contribution in [0.15, 0.2) is 41.5 Å². The van der Waals surface area contributed by atoms with Gasteiger partial charge in [0, 0.05) is 11.6 Å². The number of benzene rings is 1. The van der Waals surface area contributed by atoms with Crippen LogP contribution in [0.5, 0.6) is 0 Å². The van der Waals surface area contributed by atoms with Crippen molar-refractivity contribution in [3.8, 4) is 11.3 Å². The zero-order valence-corrected chi connectivity index (χ0v) is 16.8. The van der Waals surface area contributed by atoms with Crippen LogP contribution in [0.25, 0.3) is 16.8 Å². The summed E-state index contributed by atoms with van der Waals surface area (Å²) in [6.07, 6.45) is 9.23. The zero-order chi connectivity index (χ0) is 20.2. The van der Waals surface area contributed by atoms with Crippen molar-refractivity contribution in [3.63, 3.8) is 0 Å². The highest BCUT2D eigenvalue weighted by Crippen LogP contribution is 2.19. The van der Waals surface area contributed by atoms with E-state index >= 15 is 0 Å². The molecule has 1 aliphatic carbocycles. The van der Waals surface area contributed by atoms with E-state index in [9.17, 15) is 9.59 Å². The second kappa shape index (κ2) is 8.59. The van der Waals surface area contributed by atoms with Crippen molar-refractivity contribution in [1.82, 2.24) is 24.7 Å². The Kier molecular flexibility index (Phi) is 5.74. The highest BCUT2D eigenvalue weighted by molar-refractivity contribution is 5.76. The zero-order valence-electron chi connectivity index (χ0n) is 16.8. The molecule has 2 aromatic heterocycles. The molecule has 0 spiro atoms. The van der Waals surface area contributed by atoms with E-state index in [-0.39, 0.29) is 24.1 Å². The summed E-state index contributed by atoms with van der Waals surface area (Å²) in [5.74, 6) is -0.161. The minimum Gasteiger partial charge on any atom is -0.352 e. The summed E-state index contributed by atoms with van der Waals surface area (Å²) in [6, 6.07) is 10.1. The first kappa shape index (κ1) is 19.4. The Balaban J connectivity index is 1.52. The minimum absolute atomic E-state index is 0.0719. The third kappa shape index (κ3) is 4.39. The summed E-state index contributed by atoms with van der Waals surface area (Å²) in [4.78, 5) is 25.3. The van der Waals surface area contributed by atoms with Crippen molar-refractivity contribution in [1.29, 1.82) is 0 Å². The lowest BCUT2D eigenvalue weighted by Gasteiger charge is -2.16. The van der Waals surface area contributed by atoms with Crippen LogP contribution in [-0.2, 0) is 17.8 Å². The SMILES string of the molecule is CCc1ccc(-c2cc3c(=O)n(CC(=O)NC4CCCCCC4)ncn3n2)cc1. The molecule has 0 bridgehead atoms. The molecule has 1 fully saturated rings. The Morgan fingerprint density at radius 1 is 1.14 bits per heavy atom. The molecule has 29 heavy (non-hydrogen) atoms. The molecule has 0 radical (unpaired) electrons. The number of aryl methyl sites for hydroxylation is 1. The molecule has 1 N–H and O–H groups in total. The van der Waals surface area contributed by atoms with Crippen LogP contribution in [0.3, 0.4) is 0 Å². The molecule has 152 valence electrons. The lowest BCUT2D eigenvalue weighted by atomic mass is 10.1. The van der Waals surface area contributed by atoms with Gasteiger partial charge < -0.3 is 5.32 Å². The van der Waals surface area contributed by atoms with E-state index in [1.165, 1.54) is 33.9 Å². The Labute approximate surface area is 169 Å². The van der Waals surface area contributed by atoms with E-state index in [1.54, 1.807) is 6.07 Å². The summed E-state index contributed by atoms with van der Waals surface area (Å²) < 4.78 is 2.69. The van der Waals surface area contributed by atoms with Gasteiger partial charge >= 0.3 is 0 Å². The average molecular weight is 393 g/mol. The molecule has 1 saturated carbocycles. The molecule has 0 unspecified atom stereocenters. The van der Waals surface area contributed by atoms with E-state index < -0.39 is 0 Å². The summed E-state index contributed by atoms with van der Waals surface area (Å²) in [5.41, 5.74) is 3.01. The normalized spacial score (nSPS) is 15.3. The van der Waals surface area contributed by atoms with Gasteiger partial charge in [0.25, 0.3) is 5.56 Å². The minimum atomic E-state index is -0.313. The fourth-order valence-electron chi connectivity index (χ4n) is 3.94. The molecule has 4 rings (SSSR count). The van der Waals surface area contributed by atoms with E-state index in [4.69, 9.17) is 0 Å². The summed E-state index contributed by atoms with van der Waals surface area (Å²) in [6.45, 7) is 2.04. The molecule has 1 amide bonds. The van der Waals surface area contributed by atoms with Crippen LogP contribution in [0.2, 0.25) is 0 Å². The van der Waals surface area contributed by atoms with Crippen molar-refractivity contribution in [2.24, 2.45) is 0 Å². The molecule has 0 aliphatic heterocycles. The van der Waals surface area contributed by atoms with Gasteiger partial charge in [0.2, 0.25) is 5.91 Å². The molecule has 7 nitrogen and oxygen atoms in total. The molecule has 0 saturated heterocycles. The van der Waals surface area contributed by atoms with E-state index in [0.29, 0.717) is 11.2 Å². The molecular weight excluding hydrogens is 366 g/mol. The topological polar surface area (TPSA) is 81.3 Å². The van der Waals surface area contributed by atoms with Gasteiger partial charge in [-0.15, -0.1) is 0 Å². The monoisotopic (exact) mass is 393 g/mol. The number of hydrogen-bond donors (Lipinski definition) is 1. The van der Waals surface area contributed by atoms with Crippen molar-refractivity contribution >= 4 is 11.4 Å². The van der Waals surface area contributed by atoms with Gasteiger partial charge in [0.05, 0.1) is 5.69 Å². The summed E-state index contributed by atoms with van der Waals surface area (Å²) >= 11 is 0. The molecular formula is C22H27N5O2. The van der Waals surface area contributed by atoms with Gasteiger partial charge in [-0.05, 0) is 30.9 Å². The van der Waals surface area contributed by atoms with Crippen molar-refractivity contribution in [3.05, 3.63) is 52.6 Å². The number of nitrogens with one attached hydrogen (secondary N) is 1. The second-order valence-electron chi connectivity index (χ2n) is 7.76. The number of rotatable bonds is 5. The van der Waals surface area contributed by atoms with Crippen molar-refractivity contribution in [2.75, 3.05) is 0 Å². The van der Waals surface area contributed by atoms with E-state index in [2.05, 4.69) is 34.6 Å². The quantitative estimate of drug-likeness (QED) is 0.676. The molecule has 2 heterocycles. The summed E-state index contributed by atoms with van der Waals surface area (Å²) in [5, 5.41) is 11.7. The lowest BCUT2D eigenvalue weighted by molar-refractivity contribution is -0.122. The van der Waals surface area contributed by atoms with Gasteiger partial charge in [-0.3, -0.25) is 9.59 Å². The van der Waals surface area contributed by atoms with Gasteiger partial charge in [-0.25, -0.2) is 9.20 Å². The highest BCUT2D eigenvalue weighted by Gasteiger charge is 2.17. The predicted octanol–water partition coefficient (Wildman–Crippen LogP) is 2.96. The van der Waals surface area contributed by atoms with Gasteiger partial charge in [-0.1, -0.05) is 56.9 Å². The van der Waals surface area contributed by atoms with Crippen LogP contribution >= 0.6 is 0 Å². The largest absolute Gasteiger partial charge is 0.352 e. The molecule has 0 atom stereocenters. The number of nitrogens with zero attached hydrogens (tertiary/aromatic N) is 4. The first-order valence-corrected chi connectivity index (χ1v) is 10.5. The van der Waals surface area contributed by atoms with E-state index in [1.807, 2.05) is 12.1 Å². The van der Waals surface area contributed by atoms with Crippen molar-refractivity contribution in [2.45, 2.75) is 64.5 Å². The second-order valence-corrected chi connectivity index (χ2v) is 7.76. The molecule has 1 aromatic carbocycles. The van der Waals surface area contributed by atoms with Crippen LogP contribution in [-0.4, -0.2) is 31.3 Å². The number of carbonyl (C=O) groups is 1. The molecule has 3 aromatic rings. The van der Waals surface area contributed by atoms with Crippen LogP contribution in [0, 0.1) is 0 Å². The fourth-order valence-corrected chi connectivity index (χ4v) is 3.94. The first-order chi connectivity index (χ1) is 14.1. The van der Waals surface area contributed by atoms with Crippen LogP contribution in [0.4, 0.5) is 0 Å². The number of amides is 1. The maximum Gasteiger partial charge on any atom is 0.293 e. The third-order valence-corrected chi connectivity index (χ3v) is 5.66. The first-order valence-electron chi connectivity index (χ1n) is 10.5. The number of carbonyl (C=O) groups excluding carboxylic acids is 1. The predicted molar refractivity (Wildman–Crippen MR) is 112 cm³/mol. The lowest BCUT2D eigenvalue weighted by Crippen LogP contribution is -2.39. The summed E-state index contributed by atoms with van der Waals surface area (Å²) in [7, 11) is 0. The van der Waals surface area contributed by atoms with Crippen LogP contribution < -0.4 is 10.9 Å².